The molecule has 0 aliphatic carbocycles. The van der Waals surface area contributed by atoms with Gasteiger partial charge in [0.1, 0.15) is 0 Å². The molecule has 0 unspecified atom stereocenters. The molecule has 0 saturated heterocycles. The van der Waals surface area contributed by atoms with Gasteiger partial charge in [0.25, 0.3) is 0 Å². The zero-order valence-corrected chi connectivity index (χ0v) is 15.3. The van der Waals surface area contributed by atoms with Crippen molar-refractivity contribution in [2.45, 2.75) is 45.6 Å². The number of benzene rings is 1. The first kappa shape index (κ1) is 20.0. The molecule has 5 nitrogen and oxygen atoms in total. The van der Waals surface area contributed by atoms with E-state index < -0.39 is 0 Å². The second-order valence-corrected chi connectivity index (χ2v) is 5.92. The molecule has 1 aromatic rings. The van der Waals surface area contributed by atoms with Gasteiger partial charge in [0.2, 0.25) is 0 Å². The molecule has 1 N–H and O–H groups in total. The first-order valence-electron chi connectivity index (χ1n) is 8.78. The van der Waals surface area contributed by atoms with Crippen molar-refractivity contribution < 1.29 is 9.53 Å². The zero-order valence-electron chi connectivity index (χ0n) is 15.3. The van der Waals surface area contributed by atoms with Crippen molar-refractivity contribution >= 4 is 11.9 Å². The molecule has 0 radical (unpaired) electrons. The molecule has 0 bridgehead atoms. The topological polar surface area (TPSA) is 53.9 Å². The molecule has 134 valence electrons. The lowest BCUT2D eigenvalue weighted by Gasteiger charge is -2.17. The fourth-order valence-electron chi connectivity index (χ4n) is 2.29. The van der Waals surface area contributed by atoms with Crippen LogP contribution in [0, 0.1) is 0 Å². The second-order valence-electron chi connectivity index (χ2n) is 5.92. The Bertz CT molecular complexity index is 487. The van der Waals surface area contributed by atoms with E-state index in [1.807, 2.05) is 44.1 Å². The molecule has 0 aliphatic heterocycles. The highest BCUT2D eigenvalue weighted by molar-refractivity contribution is 5.79. The number of nitrogens with zero attached hydrogens (tertiary/aromatic N) is 2. The maximum absolute atomic E-state index is 11.2. The largest absolute Gasteiger partial charge is 0.466 e. The number of rotatable bonds is 10. The van der Waals surface area contributed by atoms with Crippen molar-refractivity contribution in [1.29, 1.82) is 0 Å². The average molecular weight is 333 g/mol. The maximum atomic E-state index is 11.2. The van der Waals surface area contributed by atoms with Gasteiger partial charge in [-0.1, -0.05) is 43.2 Å². The molecule has 5 heteroatoms. The van der Waals surface area contributed by atoms with E-state index in [-0.39, 0.29) is 5.97 Å². The monoisotopic (exact) mass is 333 g/mol. The van der Waals surface area contributed by atoms with Gasteiger partial charge in [0, 0.05) is 27.1 Å². The molecule has 0 spiro atoms. The minimum atomic E-state index is -0.0847. The van der Waals surface area contributed by atoms with Gasteiger partial charge in [-0.15, -0.1) is 0 Å². The van der Waals surface area contributed by atoms with Gasteiger partial charge < -0.3 is 15.0 Å². The van der Waals surface area contributed by atoms with Crippen molar-refractivity contribution in [3.8, 4) is 0 Å². The molecule has 0 saturated carbocycles. The fourth-order valence-corrected chi connectivity index (χ4v) is 2.29. The van der Waals surface area contributed by atoms with E-state index >= 15 is 0 Å². The van der Waals surface area contributed by atoms with Gasteiger partial charge in [-0.25, -0.2) is 4.99 Å². The molecular formula is C19H31N3O2. The minimum absolute atomic E-state index is 0.0847. The zero-order chi connectivity index (χ0) is 17.6. The van der Waals surface area contributed by atoms with Gasteiger partial charge >= 0.3 is 5.97 Å². The first-order chi connectivity index (χ1) is 11.6. The van der Waals surface area contributed by atoms with Crippen LogP contribution >= 0.6 is 0 Å². The minimum Gasteiger partial charge on any atom is -0.466 e. The summed E-state index contributed by atoms with van der Waals surface area (Å²) in [6.45, 7) is 3.88. The summed E-state index contributed by atoms with van der Waals surface area (Å²) in [5.41, 5.74) is 1.21. The third-order valence-electron chi connectivity index (χ3n) is 3.57. The van der Waals surface area contributed by atoms with Crippen LogP contribution in [0.2, 0.25) is 0 Å². The van der Waals surface area contributed by atoms with Crippen LogP contribution in [0.4, 0.5) is 0 Å². The van der Waals surface area contributed by atoms with Crippen LogP contribution in [-0.4, -0.2) is 44.1 Å². The number of hydrogen-bond acceptors (Lipinski definition) is 3. The number of hydrogen-bond donors (Lipinski definition) is 1. The Labute approximate surface area is 146 Å². The summed E-state index contributed by atoms with van der Waals surface area (Å²) in [6, 6.07) is 10.2. The predicted octanol–water partition coefficient (Wildman–Crippen LogP) is 3.21. The molecular weight excluding hydrogens is 302 g/mol. The summed E-state index contributed by atoms with van der Waals surface area (Å²) in [5.74, 6) is 0.823. The van der Waals surface area contributed by atoms with Crippen LogP contribution in [0.5, 0.6) is 0 Å². The average Bonchev–Trinajstić information content (AvgIpc) is 2.57. The van der Waals surface area contributed by atoms with Crippen molar-refractivity contribution in [3.05, 3.63) is 35.9 Å². The van der Waals surface area contributed by atoms with E-state index in [0.29, 0.717) is 19.6 Å². The van der Waals surface area contributed by atoms with E-state index in [4.69, 9.17) is 4.74 Å². The summed E-state index contributed by atoms with van der Waals surface area (Å²) in [6.07, 6.45) is 4.66. The van der Waals surface area contributed by atoms with Gasteiger partial charge in [-0.3, -0.25) is 4.79 Å². The third kappa shape index (κ3) is 9.18. The van der Waals surface area contributed by atoms with Gasteiger partial charge in [0.05, 0.1) is 13.2 Å². The standard InChI is InChI=1S/C19H31N3O2/c1-4-24-18(23)14-10-5-6-11-15-20-19(22(2)3)21-16-17-12-8-7-9-13-17/h7-9,12-13H,4-6,10-11,14-16H2,1-3H3,(H,20,21). The SMILES string of the molecule is CCOC(=O)CCCCCCNC(=NCc1ccccc1)N(C)C. The molecule has 0 fully saturated rings. The molecule has 0 heterocycles. The van der Waals surface area contributed by atoms with Crippen LogP contribution in [-0.2, 0) is 16.1 Å². The molecule has 0 atom stereocenters. The van der Waals surface area contributed by atoms with E-state index in [2.05, 4.69) is 22.4 Å². The molecule has 1 rings (SSSR count). The fraction of sp³-hybridized carbons (Fsp3) is 0.579. The Morgan fingerprint density at radius 3 is 2.50 bits per heavy atom. The highest BCUT2D eigenvalue weighted by Crippen LogP contribution is 2.04. The Kier molecular flexibility index (Phi) is 10.3. The third-order valence-corrected chi connectivity index (χ3v) is 3.57. The lowest BCUT2D eigenvalue weighted by atomic mass is 10.1. The van der Waals surface area contributed by atoms with E-state index in [1.165, 1.54) is 5.56 Å². The predicted molar refractivity (Wildman–Crippen MR) is 99.0 cm³/mol. The molecule has 0 aromatic heterocycles. The summed E-state index contributed by atoms with van der Waals surface area (Å²) < 4.78 is 4.92. The number of esters is 1. The number of unbranched alkanes of at least 4 members (excludes halogenated alkanes) is 3. The number of guanidine groups is 1. The second kappa shape index (κ2) is 12.4. The summed E-state index contributed by atoms with van der Waals surface area (Å²) in [7, 11) is 3.99. The summed E-state index contributed by atoms with van der Waals surface area (Å²) in [5, 5.41) is 3.39. The normalized spacial score (nSPS) is 11.2. The number of ether oxygens (including phenoxy) is 1. The van der Waals surface area contributed by atoms with Crippen LogP contribution in [0.1, 0.15) is 44.6 Å². The number of carbonyl (C=O) groups excluding carboxylic acids is 1. The van der Waals surface area contributed by atoms with Crippen molar-refractivity contribution in [2.75, 3.05) is 27.2 Å². The maximum Gasteiger partial charge on any atom is 0.305 e. The highest BCUT2D eigenvalue weighted by Gasteiger charge is 2.02. The van der Waals surface area contributed by atoms with Crippen LogP contribution in [0.3, 0.4) is 0 Å². The van der Waals surface area contributed by atoms with E-state index in [1.54, 1.807) is 0 Å². The van der Waals surface area contributed by atoms with E-state index in [9.17, 15) is 4.79 Å². The highest BCUT2D eigenvalue weighted by atomic mass is 16.5. The lowest BCUT2D eigenvalue weighted by Crippen LogP contribution is -2.37. The van der Waals surface area contributed by atoms with Crippen LogP contribution in [0.15, 0.2) is 35.3 Å². The Hall–Kier alpha value is -2.04. The Balaban J connectivity index is 2.19. The lowest BCUT2D eigenvalue weighted by molar-refractivity contribution is -0.143. The van der Waals surface area contributed by atoms with Gasteiger partial charge in [0.15, 0.2) is 5.96 Å². The van der Waals surface area contributed by atoms with Gasteiger partial charge in [-0.05, 0) is 25.3 Å². The molecule has 0 aliphatic rings. The molecule has 1 aromatic carbocycles. The van der Waals surface area contributed by atoms with Crippen molar-refractivity contribution in [1.82, 2.24) is 10.2 Å². The quantitative estimate of drug-likeness (QED) is 0.309. The first-order valence-corrected chi connectivity index (χ1v) is 8.78. The number of carbonyl (C=O) groups is 1. The Morgan fingerprint density at radius 1 is 1.12 bits per heavy atom. The van der Waals surface area contributed by atoms with Crippen LogP contribution < -0.4 is 5.32 Å². The molecule has 0 amide bonds. The van der Waals surface area contributed by atoms with Gasteiger partial charge in [-0.2, -0.15) is 0 Å². The summed E-state index contributed by atoms with van der Waals surface area (Å²) in [4.78, 5) is 17.9. The number of aliphatic imine (C=N–C) groups is 1. The molecule has 24 heavy (non-hydrogen) atoms. The Morgan fingerprint density at radius 2 is 1.83 bits per heavy atom. The van der Waals surface area contributed by atoms with Crippen molar-refractivity contribution in [2.24, 2.45) is 4.99 Å². The number of nitrogens with one attached hydrogen (secondary N) is 1. The van der Waals surface area contributed by atoms with Crippen LogP contribution in [0.25, 0.3) is 0 Å². The van der Waals surface area contributed by atoms with E-state index in [0.717, 1.165) is 38.2 Å². The van der Waals surface area contributed by atoms with Crippen molar-refractivity contribution in [3.63, 3.8) is 0 Å². The smallest absolute Gasteiger partial charge is 0.305 e. The summed E-state index contributed by atoms with van der Waals surface area (Å²) >= 11 is 0.